The van der Waals surface area contributed by atoms with E-state index in [1.165, 1.54) is 0 Å². The molecule has 5 heteroatoms. The summed E-state index contributed by atoms with van der Waals surface area (Å²) in [4.78, 5) is 15.9. The van der Waals surface area contributed by atoms with E-state index in [1.807, 2.05) is 18.7 Å². The molecule has 1 heterocycles. The third kappa shape index (κ3) is 5.69. The van der Waals surface area contributed by atoms with E-state index in [1.54, 1.807) is 0 Å². The van der Waals surface area contributed by atoms with E-state index in [0.29, 0.717) is 0 Å². The number of rotatable bonds is 7. The third-order valence-corrected chi connectivity index (χ3v) is 3.33. The number of carbonyl (C=O) groups is 1. The number of nitrogens with one attached hydrogen (secondary N) is 1. The van der Waals surface area contributed by atoms with E-state index in [-0.39, 0.29) is 6.03 Å². The first kappa shape index (κ1) is 15.2. The van der Waals surface area contributed by atoms with Crippen LogP contribution in [0.15, 0.2) is 0 Å². The molecule has 1 aliphatic heterocycles. The summed E-state index contributed by atoms with van der Waals surface area (Å²) in [5.41, 5.74) is 0. The summed E-state index contributed by atoms with van der Waals surface area (Å²) in [6.07, 6.45) is 2.18. The molecule has 0 aromatic heterocycles. The number of morpholine rings is 1. The summed E-state index contributed by atoms with van der Waals surface area (Å²) in [5.74, 6) is 0. The Bertz CT molecular complexity index is 226. The number of urea groups is 1. The molecule has 1 saturated heterocycles. The van der Waals surface area contributed by atoms with Gasteiger partial charge in [-0.1, -0.05) is 0 Å². The van der Waals surface area contributed by atoms with Crippen molar-refractivity contribution < 1.29 is 9.53 Å². The fraction of sp³-hybridized carbons (Fsp3) is 0.923. The van der Waals surface area contributed by atoms with Crippen molar-refractivity contribution in [3.8, 4) is 0 Å². The van der Waals surface area contributed by atoms with Gasteiger partial charge in [-0.3, -0.25) is 4.90 Å². The molecule has 1 fully saturated rings. The van der Waals surface area contributed by atoms with Crippen molar-refractivity contribution in [3.05, 3.63) is 0 Å². The van der Waals surface area contributed by atoms with Gasteiger partial charge in [-0.25, -0.2) is 4.79 Å². The number of ether oxygens (including phenoxy) is 1. The second kappa shape index (κ2) is 9.16. The van der Waals surface area contributed by atoms with Crippen LogP contribution in [-0.2, 0) is 4.74 Å². The molecule has 1 N–H and O–H groups in total. The van der Waals surface area contributed by atoms with Crippen LogP contribution in [0.2, 0.25) is 0 Å². The van der Waals surface area contributed by atoms with Crippen molar-refractivity contribution in [3.63, 3.8) is 0 Å². The lowest BCUT2D eigenvalue weighted by Gasteiger charge is -2.26. The lowest BCUT2D eigenvalue weighted by Crippen LogP contribution is -2.40. The van der Waals surface area contributed by atoms with Gasteiger partial charge in [-0.05, 0) is 33.2 Å². The fourth-order valence-corrected chi connectivity index (χ4v) is 2.10. The van der Waals surface area contributed by atoms with E-state index in [0.717, 1.165) is 65.3 Å². The molecule has 18 heavy (non-hydrogen) atoms. The molecule has 0 radical (unpaired) electrons. The molecule has 1 rings (SSSR count). The molecule has 0 aromatic carbocycles. The van der Waals surface area contributed by atoms with Crippen LogP contribution in [0, 0.1) is 0 Å². The lowest BCUT2D eigenvalue weighted by atomic mass is 10.2. The SMILES string of the molecule is CCN(CC)C(=O)NCCCCN1CCOCC1. The minimum Gasteiger partial charge on any atom is -0.379 e. The molecule has 106 valence electrons. The summed E-state index contributed by atoms with van der Waals surface area (Å²) in [6.45, 7) is 11.3. The molecular formula is C13H27N3O2. The molecule has 0 atom stereocenters. The Morgan fingerprint density at radius 1 is 1.22 bits per heavy atom. The van der Waals surface area contributed by atoms with E-state index in [4.69, 9.17) is 4.74 Å². The zero-order valence-electron chi connectivity index (χ0n) is 11.8. The quantitative estimate of drug-likeness (QED) is 0.696. The number of amides is 2. The maximum absolute atomic E-state index is 11.7. The van der Waals surface area contributed by atoms with Gasteiger partial charge in [0.2, 0.25) is 0 Å². The van der Waals surface area contributed by atoms with Gasteiger partial charge >= 0.3 is 6.03 Å². The van der Waals surface area contributed by atoms with Crippen molar-refractivity contribution in [1.29, 1.82) is 0 Å². The van der Waals surface area contributed by atoms with Crippen molar-refractivity contribution in [2.45, 2.75) is 26.7 Å². The van der Waals surface area contributed by atoms with E-state index in [9.17, 15) is 4.79 Å². The predicted octanol–water partition coefficient (Wildman–Crippen LogP) is 1.15. The van der Waals surface area contributed by atoms with Crippen LogP contribution in [0.5, 0.6) is 0 Å². The Hall–Kier alpha value is -0.810. The summed E-state index contributed by atoms with van der Waals surface area (Å²) in [6, 6.07) is 0.0615. The van der Waals surface area contributed by atoms with Crippen molar-refractivity contribution in [2.75, 3.05) is 52.5 Å². The second-order valence-electron chi connectivity index (χ2n) is 4.57. The molecule has 0 spiro atoms. The predicted molar refractivity (Wildman–Crippen MR) is 72.8 cm³/mol. The Balaban J connectivity index is 1.99. The van der Waals surface area contributed by atoms with Crippen LogP contribution in [-0.4, -0.2) is 68.3 Å². The number of carbonyl (C=O) groups excluding carboxylic acids is 1. The highest BCUT2D eigenvalue weighted by molar-refractivity contribution is 5.73. The first-order valence-electron chi connectivity index (χ1n) is 7.10. The first-order valence-corrected chi connectivity index (χ1v) is 7.10. The first-order chi connectivity index (χ1) is 8.77. The largest absolute Gasteiger partial charge is 0.379 e. The van der Waals surface area contributed by atoms with Gasteiger partial charge in [-0.2, -0.15) is 0 Å². The number of hydrogen-bond donors (Lipinski definition) is 1. The van der Waals surface area contributed by atoms with Gasteiger partial charge in [0.1, 0.15) is 0 Å². The summed E-state index contributed by atoms with van der Waals surface area (Å²) in [7, 11) is 0. The van der Waals surface area contributed by atoms with E-state index < -0.39 is 0 Å². The monoisotopic (exact) mass is 257 g/mol. The maximum Gasteiger partial charge on any atom is 0.317 e. The average molecular weight is 257 g/mol. The Morgan fingerprint density at radius 2 is 1.89 bits per heavy atom. The van der Waals surface area contributed by atoms with Crippen LogP contribution in [0.1, 0.15) is 26.7 Å². The molecule has 0 bridgehead atoms. The van der Waals surface area contributed by atoms with Crippen molar-refractivity contribution in [1.82, 2.24) is 15.1 Å². The molecule has 1 aliphatic rings. The Labute approximate surface area is 110 Å². The minimum atomic E-state index is 0.0615. The van der Waals surface area contributed by atoms with E-state index in [2.05, 4.69) is 10.2 Å². The van der Waals surface area contributed by atoms with Crippen molar-refractivity contribution >= 4 is 6.03 Å². The van der Waals surface area contributed by atoms with E-state index >= 15 is 0 Å². The molecule has 0 aromatic rings. The summed E-state index contributed by atoms with van der Waals surface area (Å²) in [5, 5.41) is 2.97. The molecule has 0 saturated carbocycles. The Morgan fingerprint density at radius 3 is 2.50 bits per heavy atom. The number of nitrogens with zero attached hydrogens (tertiary/aromatic N) is 2. The smallest absolute Gasteiger partial charge is 0.317 e. The van der Waals surface area contributed by atoms with Crippen LogP contribution in [0.25, 0.3) is 0 Å². The number of hydrogen-bond acceptors (Lipinski definition) is 3. The molecular weight excluding hydrogens is 230 g/mol. The minimum absolute atomic E-state index is 0.0615. The van der Waals surface area contributed by atoms with Gasteiger partial charge in [-0.15, -0.1) is 0 Å². The van der Waals surface area contributed by atoms with Gasteiger partial charge in [0, 0.05) is 32.7 Å². The lowest BCUT2D eigenvalue weighted by molar-refractivity contribution is 0.0372. The average Bonchev–Trinajstić information content (AvgIpc) is 2.41. The van der Waals surface area contributed by atoms with Crippen LogP contribution in [0.3, 0.4) is 0 Å². The van der Waals surface area contributed by atoms with Crippen LogP contribution < -0.4 is 5.32 Å². The molecule has 2 amide bonds. The van der Waals surface area contributed by atoms with Gasteiger partial charge in [0.25, 0.3) is 0 Å². The highest BCUT2D eigenvalue weighted by Crippen LogP contribution is 1.99. The zero-order valence-corrected chi connectivity index (χ0v) is 11.8. The second-order valence-corrected chi connectivity index (χ2v) is 4.57. The summed E-state index contributed by atoms with van der Waals surface area (Å²) >= 11 is 0. The molecule has 0 unspecified atom stereocenters. The third-order valence-electron chi connectivity index (χ3n) is 3.33. The topological polar surface area (TPSA) is 44.8 Å². The molecule has 5 nitrogen and oxygen atoms in total. The Kier molecular flexibility index (Phi) is 7.76. The van der Waals surface area contributed by atoms with Crippen molar-refractivity contribution in [2.24, 2.45) is 0 Å². The van der Waals surface area contributed by atoms with Gasteiger partial charge in [0.05, 0.1) is 13.2 Å². The maximum atomic E-state index is 11.7. The van der Waals surface area contributed by atoms with Gasteiger partial charge < -0.3 is 15.0 Å². The zero-order chi connectivity index (χ0) is 13.2. The van der Waals surface area contributed by atoms with Gasteiger partial charge in [0.15, 0.2) is 0 Å². The standard InChI is InChI=1S/C13H27N3O2/c1-3-16(4-2)13(17)14-7-5-6-8-15-9-11-18-12-10-15/h3-12H2,1-2H3,(H,14,17). The number of unbranched alkanes of at least 4 members (excludes halogenated alkanes) is 1. The highest BCUT2D eigenvalue weighted by atomic mass is 16.5. The molecule has 0 aliphatic carbocycles. The highest BCUT2D eigenvalue weighted by Gasteiger charge is 2.10. The van der Waals surface area contributed by atoms with Crippen LogP contribution >= 0.6 is 0 Å². The van der Waals surface area contributed by atoms with Crippen LogP contribution in [0.4, 0.5) is 4.79 Å². The summed E-state index contributed by atoms with van der Waals surface area (Å²) < 4.78 is 5.31. The fourth-order valence-electron chi connectivity index (χ4n) is 2.10. The normalized spacial score (nSPS) is 16.6.